The fraction of sp³-hybridized carbons (Fsp3) is 0.571. The first kappa shape index (κ1) is 14.7. The lowest BCUT2D eigenvalue weighted by atomic mass is 9.81. The smallest absolute Gasteiger partial charge is 0.324 e. The molecule has 1 atom stereocenters. The van der Waals surface area contributed by atoms with Gasteiger partial charge in [0.25, 0.3) is 0 Å². The van der Waals surface area contributed by atoms with E-state index in [1.807, 2.05) is 0 Å². The van der Waals surface area contributed by atoms with Gasteiger partial charge in [0.05, 0.1) is 0 Å². The van der Waals surface area contributed by atoms with Crippen LogP contribution in [0.2, 0.25) is 0 Å². The molecule has 0 aliphatic heterocycles. The number of hydrogen-bond donors (Lipinski definition) is 1. The quantitative estimate of drug-likeness (QED) is 0.803. The number of rotatable bonds is 3. The zero-order valence-corrected chi connectivity index (χ0v) is 11.4. The SMILES string of the molecule is N[C@H](c1ccc(SC(F)(F)F)cc1)C1CCCCC1. The van der Waals surface area contributed by atoms with E-state index in [0.29, 0.717) is 5.92 Å². The molecule has 1 aromatic carbocycles. The number of benzene rings is 1. The van der Waals surface area contributed by atoms with E-state index in [9.17, 15) is 13.2 Å². The molecule has 1 aromatic rings. The lowest BCUT2D eigenvalue weighted by Crippen LogP contribution is -2.23. The van der Waals surface area contributed by atoms with Crippen molar-refractivity contribution in [3.8, 4) is 0 Å². The molecule has 0 amide bonds. The molecule has 0 aromatic heterocycles. The Kier molecular flexibility index (Phi) is 4.79. The molecule has 0 unspecified atom stereocenters. The van der Waals surface area contributed by atoms with Gasteiger partial charge in [-0.1, -0.05) is 31.4 Å². The van der Waals surface area contributed by atoms with Crippen LogP contribution in [0.25, 0.3) is 0 Å². The van der Waals surface area contributed by atoms with Crippen LogP contribution in [0, 0.1) is 5.92 Å². The van der Waals surface area contributed by atoms with E-state index < -0.39 is 5.51 Å². The van der Waals surface area contributed by atoms with Gasteiger partial charge in [-0.3, -0.25) is 0 Å². The maximum Gasteiger partial charge on any atom is 0.446 e. The van der Waals surface area contributed by atoms with E-state index in [0.717, 1.165) is 18.4 Å². The summed E-state index contributed by atoms with van der Waals surface area (Å²) in [4.78, 5) is 0.215. The molecule has 19 heavy (non-hydrogen) atoms. The van der Waals surface area contributed by atoms with Crippen molar-refractivity contribution in [1.29, 1.82) is 0 Å². The predicted molar refractivity (Wildman–Crippen MR) is 71.9 cm³/mol. The Balaban J connectivity index is 2.01. The number of thioether (sulfide) groups is 1. The molecule has 0 bridgehead atoms. The molecule has 2 N–H and O–H groups in total. The highest BCUT2D eigenvalue weighted by atomic mass is 32.2. The molecule has 0 spiro atoms. The van der Waals surface area contributed by atoms with Gasteiger partial charge < -0.3 is 5.73 Å². The van der Waals surface area contributed by atoms with Crippen LogP contribution in [0.3, 0.4) is 0 Å². The van der Waals surface area contributed by atoms with E-state index >= 15 is 0 Å². The third-order valence-corrected chi connectivity index (χ3v) is 4.40. The summed E-state index contributed by atoms with van der Waals surface area (Å²) in [6, 6.07) is 6.43. The summed E-state index contributed by atoms with van der Waals surface area (Å²) < 4.78 is 36.7. The summed E-state index contributed by atoms with van der Waals surface area (Å²) in [6.07, 6.45) is 5.94. The van der Waals surface area contributed by atoms with Crippen molar-refractivity contribution < 1.29 is 13.2 Å². The number of hydrogen-bond acceptors (Lipinski definition) is 2. The highest BCUT2D eigenvalue weighted by Gasteiger charge is 2.29. The van der Waals surface area contributed by atoms with Gasteiger partial charge in [-0.15, -0.1) is 0 Å². The van der Waals surface area contributed by atoms with Gasteiger partial charge in [-0.2, -0.15) is 13.2 Å². The average Bonchev–Trinajstić information content (AvgIpc) is 2.38. The second-order valence-corrected chi connectivity index (χ2v) is 6.18. The Morgan fingerprint density at radius 3 is 2.16 bits per heavy atom. The van der Waals surface area contributed by atoms with Gasteiger partial charge in [0.1, 0.15) is 0 Å². The monoisotopic (exact) mass is 289 g/mol. The maximum absolute atomic E-state index is 12.2. The summed E-state index contributed by atoms with van der Waals surface area (Å²) >= 11 is -0.0841. The molecular formula is C14H18F3NS. The number of halogens is 3. The van der Waals surface area contributed by atoms with Crippen LogP contribution in [0.15, 0.2) is 29.2 Å². The van der Waals surface area contributed by atoms with E-state index in [1.165, 1.54) is 31.4 Å². The second kappa shape index (κ2) is 6.18. The number of nitrogens with two attached hydrogens (primary N) is 1. The van der Waals surface area contributed by atoms with Crippen LogP contribution in [0.1, 0.15) is 43.7 Å². The first-order chi connectivity index (χ1) is 8.96. The molecule has 0 saturated heterocycles. The Morgan fingerprint density at radius 1 is 1.05 bits per heavy atom. The molecule has 1 saturated carbocycles. The lowest BCUT2D eigenvalue weighted by Gasteiger charge is -2.27. The van der Waals surface area contributed by atoms with Crippen LogP contribution in [0.5, 0.6) is 0 Å². The molecule has 0 heterocycles. The Hall–Kier alpha value is -0.680. The van der Waals surface area contributed by atoms with Gasteiger partial charge in [0, 0.05) is 10.9 Å². The van der Waals surface area contributed by atoms with Crippen LogP contribution >= 0.6 is 11.8 Å². The van der Waals surface area contributed by atoms with Crippen molar-refractivity contribution in [3.63, 3.8) is 0 Å². The van der Waals surface area contributed by atoms with Crippen molar-refractivity contribution in [2.75, 3.05) is 0 Å². The molecule has 1 nitrogen and oxygen atoms in total. The minimum absolute atomic E-state index is 0.0507. The third-order valence-electron chi connectivity index (χ3n) is 3.66. The van der Waals surface area contributed by atoms with E-state index in [1.54, 1.807) is 12.1 Å². The first-order valence-electron chi connectivity index (χ1n) is 6.57. The zero-order valence-electron chi connectivity index (χ0n) is 10.6. The fourth-order valence-corrected chi connectivity index (χ4v) is 3.20. The summed E-state index contributed by atoms with van der Waals surface area (Å²) in [5, 5.41) is 0. The fourth-order valence-electron chi connectivity index (χ4n) is 2.66. The first-order valence-corrected chi connectivity index (χ1v) is 7.38. The molecule has 2 rings (SSSR count). The minimum atomic E-state index is -4.23. The molecule has 1 aliphatic carbocycles. The summed E-state index contributed by atoms with van der Waals surface area (Å²) in [5.41, 5.74) is 2.93. The van der Waals surface area contributed by atoms with Gasteiger partial charge in [-0.05, 0) is 48.2 Å². The molecule has 0 radical (unpaired) electrons. The Labute approximate surface area is 115 Å². The largest absolute Gasteiger partial charge is 0.446 e. The maximum atomic E-state index is 12.2. The van der Waals surface area contributed by atoms with Crippen molar-refractivity contribution in [3.05, 3.63) is 29.8 Å². The lowest BCUT2D eigenvalue weighted by molar-refractivity contribution is -0.0328. The third kappa shape index (κ3) is 4.42. The van der Waals surface area contributed by atoms with Crippen molar-refractivity contribution in [1.82, 2.24) is 0 Å². The van der Waals surface area contributed by atoms with Crippen LogP contribution < -0.4 is 5.73 Å². The second-order valence-electron chi connectivity index (χ2n) is 5.04. The molecule has 106 valence electrons. The highest BCUT2D eigenvalue weighted by molar-refractivity contribution is 8.00. The summed E-state index contributed by atoms with van der Waals surface area (Å²) in [6.45, 7) is 0. The van der Waals surface area contributed by atoms with Crippen LogP contribution in [0.4, 0.5) is 13.2 Å². The minimum Gasteiger partial charge on any atom is -0.324 e. The summed E-state index contributed by atoms with van der Waals surface area (Å²) in [5.74, 6) is 0.467. The van der Waals surface area contributed by atoms with Gasteiger partial charge >= 0.3 is 5.51 Å². The molecule has 1 fully saturated rings. The van der Waals surface area contributed by atoms with Crippen molar-refractivity contribution in [2.45, 2.75) is 48.5 Å². The van der Waals surface area contributed by atoms with E-state index in [4.69, 9.17) is 5.73 Å². The standard InChI is InChI=1S/C14H18F3NS/c15-14(16,17)19-12-8-6-11(7-9-12)13(18)10-4-2-1-3-5-10/h6-10,13H,1-5,18H2/t13-/m0/s1. The Morgan fingerprint density at radius 2 is 1.63 bits per heavy atom. The average molecular weight is 289 g/mol. The van der Waals surface area contributed by atoms with E-state index in [2.05, 4.69) is 0 Å². The van der Waals surface area contributed by atoms with Gasteiger partial charge in [0.2, 0.25) is 0 Å². The topological polar surface area (TPSA) is 26.0 Å². The number of alkyl halides is 3. The van der Waals surface area contributed by atoms with Gasteiger partial charge in [-0.25, -0.2) is 0 Å². The molecule has 1 aliphatic rings. The molecule has 5 heteroatoms. The van der Waals surface area contributed by atoms with Crippen molar-refractivity contribution in [2.24, 2.45) is 11.7 Å². The van der Waals surface area contributed by atoms with E-state index in [-0.39, 0.29) is 22.7 Å². The van der Waals surface area contributed by atoms with Crippen LogP contribution in [-0.4, -0.2) is 5.51 Å². The van der Waals surface area contributed by atoms with Gasteiger partial charge in [0.15, 0.2) is 0 Å². The zero-order chi connectivity index (χ0) is 13.9. The van der Waals surface area contributed by atoms with Crippen LogP contribution in [-0.2, 0) is 0 Å². The molecular weight excluding hydrogens is 271 g/mol. The summed E-state index contributed by atoms with van der Waals surface area (Å²) in [7, 11) is 0. The highest BCUT2D eigenvalue weighted by Crippen LogP contribution is 2.38. The normalized spacial score (nSPS) is 19.4. The van der Waals surface area contributed by atoms with Crippen molar-refractivity contribution >= 4 is 11.8 Å². The Bertz CT molecular complexity index is 396. The predicted octanol–water partition coefficient (Wildman–Crippen LogP) is 4.88.